The largest absolute Gasteiger partial charge is 0.416 e. The van der Waals surface area contributed by atoms with E-state index in [9.17, 15) is 13.2 Å². The molecule has 0 aliphatic carbocycles. The van der Waals surface area contributed by atoms with Crippen LogP contribution in [0.5, 0.6) is 0 Å². The summed E-state index contributed by atoms with van der Waals surface area (Å²) in [6.45, 7) is 0.148. The van der Waals surface area contributed by atoms with Crippen LogP contribution in [-0.2, 0) is 6.18 Å². The third-order valence-electron chi connectivity index (χ3n) is 3.04. The number of nitrogens with two attached hydrogens (primary N) is 1. The lowest BCUT2D eigenvalue weighted by molar-refractivity contribution is -0.137. The van der Waals surface area contributed by atoms with Crippen LogP contribution in [0.4, 0.5) is 24.8 Å². The average molecular weight is 325 g/mol. The number of nitrogens with zero attached hydrogens (tertiary/aromatic N) is 2. The third-order valence-corrected chi connectivity index (χ3v) is 3.04. The predicted octanol–water partition coefficient (Wildman–Crippen LogP) is 2.15. The molecule has 0 aliphatic heterocycles. The molecule has 1 aromatic carbocycles. The Bertz CT molecular complexity index is 701. The first-order chi connectivity index (χ1) is 10.9. The Labute approximate surface area is 129 Å². The maximum Gasteiger partial charge on any atom is 0.416 e. The molecule has 0 saturated carbocycles. The minimum absolute atomic E-state index is 0.104. The van der Waals surface area contributed by atoms with Gasteiger partial charge in [-0.2, -0.15) is 13.2 Å². The van der Waals surface area contributed by atoms with Crippen LogP contribution in [0.3, 0.4) is 0 Å². The van der Waals surface area contributed by atoms with E-state index in [1.807, 2.05) is 0 Å². The highest BCUT2D eigenvalue weighted by Crippen LogP contribution is 2.36. The number of nitrogen functional groups attached to an aromatic ring is 1. The molecule has 2 rings (SSSR count). The smallest absolute Gasteiger partial charge is 0.398 e. The fourth-order valence-corrected chi connectivity index (χ4v) is 1.97. The lowest BCUT2D eigenvalue weighted by Crippen LogP contribution is -2.09. The van der Waals surface area contributed by atoms with Crippen LogP contribution in [0.1, 0.15) is 11.1 Å². The summed E-state index contributed by atoms with van der Waals surface area (Å²) in [5.74, 6) is 0.235. The van der Waals surface area contributed by atoms with Gasteiger partial charge in [-0.05, 0) is 17.7 Å². The standard InChI is InChI=1S/C14H14F3N5O/c15-14(16,17)9-3-10(11(5-18)12(19)4-9)8-6-21-13(22-7-8)20-1-2-23/h3-7,18,23H,1-2,19H2,(H,20,21,22). The highest BCUT2D eigenvalue weighted by molar-refractivity contribution is 5.95. The highest BCUT2D eigenvalue weighted by Gasteiger charge is 2.32. The molecular weight excluding hydrogens is 311 g/mol. The number of anilines is 2. The van der Waals surface area contributed by atoms with Gasteiger partial charge in [0.1, 0.15) is 0 Å². The highest BCUT2D eigenvalue weighted by atomic mass is 19.4. The van der Waals surface area contributed by atoms with Gasteiger partial charge in [0.05, 0.1) is 12.2 Å². The van der Waals surface area contributed by atoms with Crippen molar-refractivity contribution in [2.75, 3.05) is 24.2 Å². The van der Waals surface area contributed by atoms with E-state index >= 15 is 0 Å². The molecule has 0 bridgehead atoms. The topological polar surface area (TPSA) is 108 Å². The first-order valence-corrected chi connectivity index (χ1v) is 6.55. The molecule has 2 aromatic rings. The van der Waals surface area contributed by atoms with Crippen LogP contribution in [0.2, 0.25) is 0 Å². The summed E-state index contributed by atoms with van der Waals surface area (Å²) in [6, 6.07) is 1.71. The second-order valence-electron chi connectivity index (χ2n) is 4.61. The normalized spacial score (nSPS) is 11.3. The Morgan fingerprint density at radius 2 is 1.91 bits per heavy atom. The van der Waals surface area contributed by atoms with Crippen molar-refractivity contribution in [1.29, 1.82) is 5.41 Å². The van der Waals surface area contributed by atoms with Crippen LogP contribution >= 0.6 is 0 Å². The molecule has 0 fully saturated rings. The van der Waals surface area contributed by atoms with E-state index < -0.39 is 11.7 Å². The summed E-state index contributed by atoms with van der Waals surface area (Å²) in [6.07, 6.45) is -1.00. The number of rotatable bonds is 5. The van der Waals surface area contributed by atoms with Crippen molar-refractivity contribution < 1.29 is 18.3 Å². The van der Waals surface area contributed by atoms with E-state index in [0.717, 1.165) is 18.3 Å². The van der Waals surface area contributed by atoms with Gasteiger partial charge in [-0.3, -0.25) is 0 Å². The first-order valence-electron chi connectivity index (χ1n) is 6.55. The molecule has 122 valence electrons. The van der Waals surface area contributed by atoms with Crippen molar-refractivity contribution in [3.05, 3.63) is 35.7 Å². The van der Waals surface area contributed by atoms with Crippen LogP contribution in [-0.4, -0.2) is 34.4 Å². The van der Waals surface area contributed by atoms with Crippen molar-refractivity contribution >= 4 is 17.9 Å². The van der Waals surface area contributed by atoms with E-state index in [1.54, 1.807) is 0 Å². The Kier molecular flexibility index (Phi) is 4.80. The Morgan fingerprint density at radius 3 is 2.43 bits per heavy atom. The zero-order valence-electron chi connectivity index (χ0n) is 11.9. The molecule has 0 aliphatic rings. The van der Waals surface area contributed by atoms with E-state index in [4.69, 9.17) is 16.2 Å². The van der Waals surface area contributed by atoms with Crippen molar-refractivity contribution in [2.24, 2.45) is 0 Å². The molecule has 23 heavy (non-hydrogen) atoms. The summed E-state index contributed by atoms with van der Waals surface area (Å²) in [4.78, 5) is 7.92. The predicted molar refractivity (Wildman–Crippen MR) is 80.3 cm³/mol. The van der Waals surface area contributed by atoms with Crippen molar-refractivity contribution in [1.82, 2.24) is 9.97 Å². The van der Waals surface area contributed by atoms with E-state index in [1.165, 1.54) is 12.4 Å². The van der Waals surface area contributed by atoms with Crippen LogP contribution in [0.15, 0.2) is 24.5 Å². The first kappa shape index (κ1) is 16.7. The molecule has 0 spiro atoms. The number of nitrogens with one attached hydrogen (secondary N) is 2. The molecule has 5 N–H and O–H groups in total. The molecule has 9 heteroatoms. The fraction of sp³-hybridized carbons (Fsp3) is 0.214. The number of alkyl halides is 3. The molecule has 0 unspecified atom stereocenters. The quantitative estimate of drug-likeness (QED) is 0.497. The summed E-state index contributed by atoms with van der Waals surface area (Å²) in [5.41, 5.74) is 5.17. The number of halogens is 3. The van der Waals surface area contributed by atoms with Crippen LogP contribution in [0.25, 0.3) is 11.1 Å². The van der Waals surface area contributed by atoms with Crippen LogP contribution in [0, 0.1) is 5.41 Å². The lowest BCUT2D eigenvalue weighted by atomic mass is 9.98. The zero-order valence-corrected chi connectivity index (χ0v) is 11.9. The van der Waals surface area contributed by atoms with Crippen molar-refractivity contribution in [3.63, 3.8) is 0 Å². The van der Waals surface area contributed by atoms with Gasteiger partial charge in [-0.25, -0.2) is 9.97 Å². The number of aliphatic hydroxyl groups is 1. The lowest BCUT2D eigenvalue weighted by Gasteiger charge is -2.14. The maximum atomic E-state index is 12.9. The molecule has 0 saturated heterocycles. The average Bonchev–Trinajstić information content (AvgIpc) is 2.51. The fourth-order valence-electron chi connectivity index (χ4n) is 1.97. The van der Waals surface area contributed by atoms with E-state index in [-0.39, 0.29) is 35.9 Å². The SMILES string of the molecule is N=Cc1c(N)cc(C(F)(F)F)cc1-c1cnc(NCCO)nc1. The molecule has 0 amide bonds. The molecular formula is C14H14F3N5O. The number of hydrogen-bond donors (Lipinski definition) is 4. The van der Waals surface area contributed by atoms with Gasteiger partial charge in [-0.1, -0.05) is 0 Å². The van der Waals surface area contributed by atoms with Gasteiger partial charge in [0.15, 0.2) is 0 Å². The molecule has 0 radical (unpaired) electrons. The third kappa shape index (κ3) is 3.75. The Balaban J connectivity index is 2.48. The Morgan fingerprint density at radius 1 is 1.26 bits per heavy atom. The van der Waals surface area contributed by atoms with Gasteiger partial charge in [-0.15, -0.1) is 0 Å². The van der Waals surface area contributed by atoms with Gasteiger partial charge < -0.3 is 21.6 Å². The van der Waals surface area contributed by atoms with Gasteiger partial charge in [0.25, 0.3) is 0 Å². The summed E-state index contributed by atoms with van der Waals surface area (Å²) < 4.78 is 38.8. The van der Waals surface area contributed by atoms with Crippen molar-refractivity contribution in [3.8, 4) is 11.1 Å². The number of aromatic nitrogens is 2. The van der Waals surface area contributed by atoms with Crippen LogP contribution < -0.4 is 11.1 Å². The van der Waals surface area contributed by atoms with Gasteiger partial charge in [0.2, 0.25) is 5.95 Å². The number of aliphatic hydroxyl groups excluding tert-OH is 1. The van der Waals surface area contributed by atoms with E-state index in [2.05, 4.69) is 15.3 Å². The minimum Gasteiger partial charge on any atom is -0.398 e. The molecule has 0 atom stereocenters. The molecule has 6 nitrogen and oxygen atoms in total. The number of benzene rings is 1. The van der Waals surface area contributed by atoms with Crippen molar-refractivity contribution in [2.45, 2.75) is 6.18 Å². The second-order valence-corrected chi connectivity index (χ2v) is 4.61. The zero-order chi connectivity index (χ0) is 17.0. The monoisotopic (exact) mass is 325 g/mol. The minimum atomic E-state index is -4.55. The Hall–Kier alpha value is -2.68. The second kappa shape index (κ2) is 6.61. The summed E-state index contributed by atoms with van der Waals surface area (Å²) in [7, 11) is 0. The summed E-state index contributed by atoms with van der Waals surface area (Å²) in [5, 5.41) is 18.8. The summed E-state index contributed by atoms with van der Waals surface area (Å²) >= 11 is 0. The van der Waals surface area contributed by atoms with E-state index in [0.29, 0.717) is 5.56 Å². The maximum absolute atomic E-state index is 12.9. The number of hydrogen-bond acceptors (Lipinski definition) is 6. The van der Waals surface area contributed by atoms with Gasteiger partial charge >= 0.3 is 6.18 Å². The molecule has 1 aromatic heterocycles. The molecule has 1 heterocycles. The van der Waals surface area contributed by atoms with Gasteiger partial charge in [0, 0.05) is 42.0 Å².